The predicted molar refractivity (Wildman–Crippen MR) is 75.7 cm³/mol. The fraction of sp³-hybridized carbons (Fsp3) is 0.538. The summed E-state index contributed by atoms with van der Waals surface area (Å²) >= 11 is 0. The summed E-state index contributed by atoms with van der Waals surface area (Å²) in [6.07, 6.45) is 2.24. The average Bonchev–Trinajstić information content (AvgIpc) is 3.27. The van der Waals surface area contributed by atoms with Crippen LogP contribution in [0.3, 0.4) is 0 Å². The lowest BCUT2D eigenvalue weighted by molar-refractivity contribution is 0.350. The van der Waals surface area contributed by atoms with Crippen molar-refractivity contribution in [3.63, 3.8) is 0 Å². The van der Waals surface area contributed by atoms with Crippen molar-refractivity contribution in [3.05, 3.63) is 17.9 Å². The maximum Gasteiger partial charge on any atom is 0.243 e. The summed E-state index contributed by atoms with van der Waals surface area (Å²) in [5.41, 5.74) is 0. The molecule has 0 unspecified atom stereocenters. The van der Waals surface area contributed by atoms with E-state index in [1.54, 1.807) is 0 Å². The van der Waals surface area contributed by atoms with Gasteiger partial charge in [0.2, 0.25) is 10.0 Å². The van der Waals surface area contributed by atoms with Crippen LogP contribution in [0.4, 0.5) is 4.39 Å². The molecule has 1 saturated carbocycles. The van der Waals surface area contributed by atoms with Crippen molar-refractivity contribution < 1.29 is 22.3 Å². The number of hydrogen-bond acceptors (Lipinski definition) is 5. The highest BCUT2D eigenvalue weighted by molar-refractivity contribution is 7.89. The van der Waals surface area contributed by atoms with Crippen molar-refractivity contribution in [1.82, 2.24) is 10.0 Å². The number of ether oxygens (including phenoxy) is 2. The Morgan fingerprint density at radius 3 is 2.38 bits per heavy atom. The van der Waals surface area contributed by atoms with Crippen LogP contribution in [-0.4, -0.2) is 41.8 Å². The second-order valence-corrected chi connectivity index (χ2v) is 6.50. The third-order valence-electron chi connectivity index (χ3n) is 3.16. The van der Waals surface area contributed by atoms with Crippen LogP contribution in [0.5, 0.6) is 11.5 Å². The highest BCUT2D eigenvalue weighted by Gasteiger charge is 2.23. The third-order valence-corrected chi connectivity index (χ3v) is 4.63. The van der Waals surface area contributed by atoms with E-state index in [2.05, 4.69) is 10.0 Å². The lowest BCUT2D eigenvalue weighted by Gasteiger charge is -2.12. The van der Waals surface area contributed by atoms with E-state index in [-0.39, 0.29) is 18.0 Å². The molecule has 8 heteroatoms. The first-order valence-corrected chi connectivity index (χ1v) is 8.11. The van der Waals surface area contributed by atoms with Crippen LogP contribution in [0.15, 0.2) is 17.0 Å². The van der Waals surface area contributed by atoms with Crippen LogP contribution in [0, 0.1) is 5.82 Å². The van der Waals surface area contributed by atoms with Gasteiger partial charge in [0.1, 0.15) is 10.7 Å². The largest absolute Gasteiger partial charge is 0.493 e. The number of hydrogen-bond donors (Lipinski definition) is 2. The summed E-state index contributed by atoms with van der Waals surface area (Å²) in [6, 6.07) is 2.60. The van der Waals surface area contributed by atoms with Crippen molar-refractivity contribution in [3.8, 4) is 11.5 Å². The quantitative estimate of drug-likeness (QED) is 0.696. The summed E-state index contributed by atoms with van der Waals surface area (Å²) in [7, 11) is -1.21. The molecule has 1 aromatic rings. The van der Waals surface area contributed by atoms with Crippen molar-refractivity contribution in [2.45, 2.75) is 23.8 Å². The molecule has 118 valence electrons. The second-order valence-electron chi connectivity index (χ2n) is 4.76. The zero-order valence-corrected chi connectivity index (χ0v) is 12.8. The van der Waals surface area contributed by atoms with E-state index in [4.69, 9.17) is 9.47 Å². The Hall–Kier alpha value is -1.38. The Kier molecular flexibility index (Phi) is 5.02. The van der Waals surface area contributed by atoms with E-state index >= 15 is 0 Å². The number of benzene rings is 1. The van der Waals surface area contributed by atoms with E-state index in [9.17, 15) is 12.8 Å². The minimum absolute atomic E-state index is 0.143. The summed E-state index contributed by atoms with van der Waals surface area (Å²) in [5.74, 6) is -0.574. The Labute approximate surface area is 123 Å². The molecule has 0 aliphatic heterocycles. The fourth-order valence-electron chi connectivity index (χ4n) is 1.87. The lowest BCUT2D eigenvalue weighted by atomic mass is 10.3. The van der Waals surface area contributed by atoms with Gasteiger partial charge in [-0.15, -0.1) is 0 Å². The Bertz CT molecular complexity index is 602. The smallest absolute Gasteiger partial charge is 0.243 e. The molecule has 0 saturated heterocycles. The topological polar surface area (TPSA) is 76.7 Å². The molecule has 0 heterocycles. The van der Waals surface area contributed by atoms with Crippen LogP contribution in [-0.2, 0) is 10.0 Å². The Morgan fingerprint density at radius 1 is 1.19 bits per heavy atom. The van der Waals surface area contributed by atoms with Crippen molar-refractivity contribution >= 4 is 10.0 Å². The van der Waals surface area contributed by atoms with Gasteiger partial charge in [-0.25, -0.2) is 17.5 Å². The van der Waals surface area contributed by atoms with E-state index in [0.29, 0.717) is 12.6 Å². The van der Waals surface area contributed by atoms with Gasteiger partial charge in [-0.1, -0.05) is 0 Å². The molecule has 0 radical (unpaired) electrons. The van der Waals surface area contributed by atoms with Gasteiger partial charge in [-0.2, -0.15) is 0 Å². The summed E-state index contributed by atoms with van der Waals surface area (Å²) in [6.45, 7) is 0.714. The van der Waals surface area contributed by atoms with Crippen molar-refractivity contribution in [1.29, 1.82) is 0 Å². The monoisotopic (exact) mass is 318 g/mol. The number of sulfonamides is 1. The SMILES string of the molecule is COc1cc(F)c(S(=O)(=O)NCCNC2CC2)cc1OC. The highest BCUT2D eigenvalue weighted by atomic mass is 32.2. The molecule has 21 heavy (non-hydrogen) atoms. The van der Waals surface area contributed by atoms with E-state index in [1.807, 2.05) is 0 Å². The summed E-state index contributed by atoms with van der Waals surface area (Å²) in [4.78, 5) is -0.452. The van der Waals surface area contributed by atoms with E-state index in [1.165, 1.54) is 14.2 Å². The normalized spacial score (nSPS) is 15.0. The summed E-state index contributed by atoms with van der Waals surface area (Å²) < 4.78 is 50.4. The number of rotatable bonds is 8. The maximum absolute atomic E-state index is 13.9. The van der Waals surface area contributed by atoms with Gasteiger partial charge in [-0.3, -0.25) is 0 Å². The van der Waals surface area contributed by atoms with Crippen molar-refractivity contribution in [2.75, 3.05) is 27.3 Å². The molecule has 1 fully saturated rings. The van der Waals surface area contributed by atoms with Gasteiger partial charge in [0.25, 0.3) is 0 Å². The third kappa shape index (κ3) is 4.05. The van der Waals surface area contributed by atoms with E-state index in [0.717, 1.165) is 25.0 Å². The fourth-order valence-corrected chi connectivity index (χ4v) is 2.97. The first-order valence-electron chi connectivity index (χ1n) is 6.62. The number of halogens is 1. The molecule has 1 aromatic carbocycles. The standard InChI is InChI=1S/C13H19FN2O4S/c1-19-11-7-10(14)13(8-12(11)20-2)21(17,18)16-6-5-15-9-3-4-9/h7-9,15-16H,3-6H2,1-2H3. The van der Waals surface area contributed by atoms with Gasteiger partial charge in [-0.05, 0) is 12.8 Å². The molecule has 0 amide bonds. The van der Waals surface area contributed by atoms with Crippen LogP contribution < -0.4 is 19.5 Å². The molecule has 1 aliphatic carbocycles. The van der Waals surface area contributed by atoms with Gasteiger partial charge in [0.15, 0.2) is 11.5 Å². The van der Waals surface area contributed by atoms with Crippen LogP contribution in [0.1, 0.15) is 12.8 Å². The molecule has 0 atom stereocenters. The van der Waals surface area contributed by atoms with Gasteiger partial charge < -0.3 is 14.8 Å². The summed E-state index contributed by atoms with van der Waals surface area (Å²) in [5, 5.41) is 3.17. The Balaban J connectivity index is 2.10. The number of nitrogens with one attached hydrogen (secondary N) is 2. The average molecular weight is 318 g/mol. The molecule has 2 N–H and O–H groups in total. The zero-order valence-electron chi connectivity index (χ0n) is 12.0. The van der Waals surface area contributed by atoms with Crippen LogP contribution in [0.25, 0.3) is 0 Å². The molecule has 2 rings (SSSR count). The molecular weight excluding hydrogens is 299 g/mol. The minimum Gasteiger partial charge on any atom is -0.493 e. The predicted octanol–water partition coefficient (Wildman–Crippen LogP) is 0.873. The van der Waals surface area contributed by atoms with Gasteiger partial charge >= 0.3 is 0 Å². The minimum atomic E-state index is -3.93. The zero-order chi connectivity index (χ0) is 15.5. The molecular formula is C13H19FN2O4S. The second kappa shape index (κ2) is 6.59. The number of methoxy groups -OCH3 is 2. The molecule has 0 spiro atoms. The first kappa shape index (κ1) is 16.0. The molecule has 1 aliphatic rings. The van der Waals surface area contributed by atoms with E-state index < -0.39 is 20.7 Å². The van der Waals surface area contributed by atoms with Gasteiger partial charge in [0, 0.05) is 31.3 Å². The molecule has 0 aromatic heterocycles. The Morgan fingerprint density at radius 2 is 1.81 bits per heavy atom. The maximum atomic E-state index is 13.9. The highest BCUT2D eigenvalue weighted by Crippen LogP contribution is 2.31. The van der Waals surface area contributed by atoms with Gasteiger partial charge in [0.05, 0.1) is 14.2 Å². The molecule has 6 nitrogen and oxygen atoms in total. The van der Waals surface area contributed by atoms with Crippen molar-refractivity contribution in [2.24, 2.45) is 0 Å². The van der Waals surface area contributed by atoms with Crippen LogP contribution >= 0.6 is 0 Å². The molecule has 0 bridgehead atoms. The lowest BCUT2D eigenvalue weighted by Crippen LogP contribution is -2.33. The van der Waals surface area contributed by atoms with Crippen LogP contribution in [0.2, 0.25) is 0 Å². The first-order chi connectivity index (χ1) is 9.97.